The lowest BCUT2D eigenvalue weighted by Crippen LogP contribution is -2.15. The smallest absolute Gasteiger partial charge is 0.306 e. The van der Waals surface area contributed by atoms with Crippen LogP contribution in [-0.4, -0.2) is 18.0 Å². The molecule has 0 N–H and O–H groups in total. The molecule has 4 nitrogen and oxygen atoms in total. The molecular weight excluding hydrogens is 364 g/mol. The molecule has 152 valence electrons. The Morgan fingerprint density at radius 1 is 0.926 bits per heavy atom. The maximum Gasteiger partial charge on any atom is 0.306 e. The summed E-state index contributed by atoms with van der Waals surface area (Å²) in [6, 6.07) is 7.15. The molecule has 0 aliphatic heterocycles. The number of halogens is 1. The van der Waals surface area contributed by atoms with Crippen molar-refractivity contribution in [3.05, 3.63) is 34.9 Å². The number of ether oxygens (including phenoxy) is 2. The van der Waals surface area contributed by atoms with Crippen LogP contribution in [0, 0.1) is 0 Å². The Labute approximate surface area is 168 Å². The summed E-state index contributed by atoms with van der Waals surface area (Å²) in [4.78, 5) is 23.6. The molecule has 0 aliphatic carbocycles. The second-order valence-electron chi connectivity index (χ2n) is 7.00. The standard InChI is InChI=1S/C22H33ClO4/c1-3-4-5-6-7-8-10-18(2)27-22(25)12-9-11-21(24)26-17-19-13-15-20(23)16-14-19/h13-16,18H,3-12,17H2,1-2H3. The Kier molecular flexibility index (Phi) is 12.6. The number of hydrogen-bond acceptors (Lipinski definition) is 4. The van der Waals surface area contributed by atoms with Gasteiger partial charge in [-0.1, -0.05) is 62.8 Å². The van der Waals surface area contributed by atoms with Crippen molar-refractivity contribution >= 4 is 23.5 Å². The fourth-order valence-electron chi connectivity index (χ4n) is 2.75. The molecule has 27 heavy (non-hydrogen) atoms. The zero-order chi connectivity index (χ0) is 19.9. The number of rotatable bonds is 14. The van der Waals surface area contributed by atoms with Crippen LogP contribution in [0.25, 0.3) is 0 Å². The van der Waals surface area contributed by atoms with Gasteiger partial charge in [0.1, 0.15) is 6.61 Å². The topological polar surface area (TPSA) is 52.6 Å². The first-order valence-electron chi connectivity index (χ1n) is 10.1. The molecule has 1 aromatic rings. The highest BCUT2D eigenvalue weighted by Gasteiger charge is 2.11. The third-order valence-corrected chi connectivity index (χ3v) is 4.62. The number of carbonyl (C=O) groups is 2. The Hall–Kier alpha value is -1.55. The minimum atomic E-state index is -0.308. The van der Waals surface area contributed by atoms with E-state index in [1.165, 1.54) is 32.1 Å². The molecular formula is C22H33ClO4. The third-order valence-electron chi connectivity index (χ3n) is 4.37. The van der Waals surface area contributed by atoms with E-state index < -0.39 is 0 Å². The molecule has 0 fully saturated rings. The van der Waals surface area contributed by atoms with Crippen LogP contribution in [0.15, 0.2) is 24.3 Å². The largest absolute Gasteiger partial charge is 0.463 e. The number of esters is 2. The molecule has 5 heteroatoms. The van der Waals surface area contributed by atoms with Crippen molar-refractivity contribution in [3.63, 3.8) is 0 Å². The highest BCUT2D eigenvalue weighted by Crippen LogP contribution is 2.12. The van der Waals surface area contributed by atoms with Crippen LogP contribution in [0.3, 0.4) is 0 Å². The number of hydrogen-bond donors (Lipinski definition) is 0. The van der Waals surface area contributed by atoms with Gasteiger partial charge in [-0.05, 0) is 43.9 Å². The summed E-state index contributed by atoms with van der Waals surface area (Å²) < 4.78 is 10.6. The molecule has 0 aliphatic rings. The lowest BCUT2D eigenvalue weighted by Gasteiger charge is -2.13. The predicted molar refractivity (Wildman–Crippen MR) is 109 cm³/mol. The normalized spacial score (nSPS) is 11.8. The lowest BCUT2D eigenvalue weighted by atomic mass is 10.1. The molecule has 0 radical (unpaired) electrons. The summed E-state index contributed by atoms with van der Waals surface area (Å²) in [6.45, 7) is 4.36. The molecule has 0 amide bonds. The van der Waals surface area contributed by atoms with Crippen molar-refractivity contribution in [1.82, 2.24) is 0 Å². The van der Waals surface area contributed by atoms with Crippen LogP contribution >= 0.6 is 11.6 Å². The average molecular weight is 397 g/mol. The van der Waals surface area contributed by atoms with Crippen molar-refractivity contribution < 1.29 is 19.1 Å². The Bertz CT molecular complexity index is 542. The van der Waals surface area contributed by atoms with Crippen molar-refractivity contribution in [2.45, 2.75) is 90.8 Å². The zero-order valence-corrected chi connectivity index (χ0v) is 17.4. The van der Waals surface area contributed by atoms with Crippen LogP contribution in [0.5, 0.6) is 0 Å². The summed E-state index contributed by atoms with van der Waals surface area (Å²) in [6.07, 6.45) is 9.15. The number of benzene rings is 1. The van der Waals surface area contributed by atoms with Gasteiger partial charge in [0.05, 0.1) is 6.10 Å². The van der Waals surface area contributed by atoms with Gasteiger partial charge in [-0.15, -0.1) is 0 Å². The fourth-order valence-corrected chi connectivity index (χ4v) is 2.87. The molecule has 1 atom stereocenters. The third kappa shape index (κ3) is 12.5. The molecule has 0 spiro atoms. The Morgan fingerprint density at radius 3 is 2.26 bits per heavy atom. The van der Waals surface area contributed by atoms with E-state index in [1.54, 1.807) is 12.1 Å². The van der Waals surface area contributed by atoms with Gasteiger partial charge >= 0.3 is 11.9 Å². The van der Waals surface area contributed by atoms with Crippen LogP contribution in [0.4, 0.5) is 0 Å². The summed E-state index contributed by atoms with van der Waals surface area (Å²) >= 11 is 5.81. The second-order valence-corrected chi connectivity index (χ2v) is 7.43. The van der Waals surface area contributed by atoms with E-state index >= 15 is 0 Å². The maximum atomic E-state index is 11.8. The predicted octanol–water partition coefficient (Wildman–Crippen LogP) is 6.24. The summed E-state index contributed by atoms with van der Waals surface area (Å²) in [7, 11) is 0. The van der Waals surface area contributed by atoms with Gasteiger partial charge in [-0.3, -0.25) is 9.59 Å². The molecule has 1 aromatic carbocycles. The number of carbonyl (C=O) groups excluding carboxylic acids is 2. The van der Waals surface area contributed by atoms with Crippen molar-refractivity contribution in [2.24, 2.45) is 0 Å². The van der Waals surface area contributed by atoms with E-state index in [1.807, 2.05) is 19.1 Å². The quantitative estimate of drug-likeness (QED) is 0.276. The fraction of sp³-hybridized carbons (Fsp3) is 0.636. The van der Waals surface area contributed by atoms with E-state index in [-0.39, 0.29) is 37.5 Å². The summed E-state index contributed by atoms with van der Waals surface area (Å²) in [5.41, 5.74) is 0.885. The lowest BCUT2D eigenvalue weighted by molar-refractivity contribution is -0.149. The minimum absolute atomic E-state index is 0.0551. The Morgan fingerprint density at radius 2 is 1.56 bits per heavy atom. The van der Waals surface area contributed by atoms with Crippen LogP contribution in [-0.2, 0) is 25.7 Å². The molecule has 0 heterocycles. The number of unbranched alkanes of at least 4 members (excludes halogenated alkanes) is 5. The van der Waals surface area contributed by atoms with Crippen molar-refractivity contribution in [1.29, 1.82) is 0 Å². The van der Waals surface area contributed by atoms with Crippen LogP contribution < -0.4 is 0 Å². The van der Waals surface area contributed by atoms with Crippen LogP contribution in [0.2, 0.25) is 5.02 Å². The molecule has 1 unspecified atom stereocenters. The van der Waals surface area contributed by atoms with Crippen molar-refractivity contribution in [3.8, 4) is 0 Å². The minimum Gasteiger partial charge on any atom is -0.463 e. The SMILES string of the molecule is CCCCCCCCC(C)OC(=O)CCCC(=O)OCc1ccc(Cl)cc1. The first kappa shape index (κ1) is 23.5. The highest BCUT2D eigenvalue weighted by molar-refractivity contribution is 6.30. The van der Waals surface area contributed by atoms with E-state index in [9.17, 15) is 9.59 Å². The van der Waals surface area contributed by atoms with E-state index in [4.69, 9.17) is 21.1 Å². The van der Waals surface area contributed by atoms with Gasteiger partial charge in [0, 0.05) is 17.9 Å². The van der Waals surface area contributed by atoms with Crippen molar-refractivity contribution in [2.75, 3.05) is 0 Å². The molecule has 0 saturated heterocycles. The van der Waals surface area contributed by atoms with Gasteiger partial charge < -0.3 is 9.47 Å². The maximum absolute atomic E-state index is 11.8. The molecule has 0 bridgehead atoms. The monoisotopic (exact) mass is 396 g/mol. The van der Waals surface area contributed by atoms with Gasteiger partial charge in [-0.25, -0.2) is 0 Å². The molecule has 0 aromatic heterocycles. The van der Waals surface area contributed by atoms with Gasteiger partial charge in [0.25, 0.3) is 0 Å². The zero-order valence-electron chi connectivity index (χ0n) is 16.7. The molecule has 0 saturated carbocycles. The Balaban J connectivity index is 2.05. The van der Waals surface area contributed by atoms with Crippen LogP contribution in [0.1, 0.15) is 83.6 Å². The van der Waals surface area contributed by atoms with E-state index in [0.29, 0.717) is 11.4 Å². The first-order valence-corrected chi connectivity index (χ1v) is 10.5. The van der Waals surface area contributed by atoms with E-state index in [0.717, 1.165) is 18.4 Å². The second kappa shape index (κ2) is 14.5. The van der Waals surface area contributed by atoms with E-state index in [2.05, 4.69) is 6.92 Å². The average Bonchev–Trinajstić information content (AvgIpc) is 2.64. The highest BCUT2D eigenvalue weighted by atomic mass is 35.5. The summed E-state index contributed by atoms with van der Waals surface area (Å²) in [5, 5.41) is 0.648. The van der Waals surface area contributed by atoms with Gasteiger partial charge in [0.2, 0.25) is 0 Å². The molecule has 1 rings (SSSR count). The van der Waals surface area contributed by atoms with Gasteiger partial charge in [-0.2, -0.15) is 0 Å². The summed E-state index contributed by atoms with van der Waals surface area (Å²) in [5.74, 6) is -0.545. The van der Waals surface area contributed by atoms with Gasteiger partial charge in [0.15, 0.2) is 0 Å². The first-order chi connectivity index (χ1) is 13.0.